The number of likely N-dealkylation sites (N-methyl/N-ethyl adjacent to an activating group) is 1. The quantitative estimate of drug-likeness (QED) is 0.509. The van der Waals surface area contributed by atoms with Gasteiger partial charge < -0.3 is 15.7 Å². The third kappa shape index (κ3) is 3.92. The first kappa shape index (κ1) is 10.9. The number of nitrogens with one attached hydrogen (secondary N) is 2. The van der Waals surface area contributed by atoms with Crippen LogP contribution in [0.15, 0.2) is 0 Å². The number of aliphatic carboxylic acids is 1. The number of carbonyl (C=O) groups excluding carboxylic acids is 1. The van der Waals surface area contributed by atoms with Crippen LogP contribution in [0.4, 0.5) is 0 Å². The summed E-state index contributed by atoms with van der Waals surface area (Å²) in [4.78, 5) is 21.2. The largest absolute Gasteiger partial charge is 0.480 e. The molecule has 0 aromatic carbocycles. The molecule has 5 nitrogen and oxygen atoms in total. The molecule has 0 aliphatic carbocycles. The highest BCUT2D eigenvalue weighted by atomic mass is 16.4. The van der Waals surface area contributed by atoms with Crippen molar-refractivity contribution < 1.29 is 14.7 Å². The first-order chi connectivity index (χ1) is 5.61. The SMILES string of the molecule is CNC(=O)CCC(NC)C(=O)O. The lowest BCUT2D eigenvalue weighted by Crippen LogP contribution is -2.35. The molecule has 0 radical (unpaired) electrons. The Morgan fingerprint density at radius 3 is 2.33 bits per heavy atom. The third-order valence-corrected chi connectivity index (χ3v) is 1.59. The second-order valence-electron chi connectivity index (χ2n) is 2.39. The standard InChI is InChI=1S/C7H14N2O3/c1-8-5(7(11)12)3-4-6(10)9-2/h5,8H,3-4H2,1-2H3,(H,9,10)(H,11,12). The molecule has 0 bridgehead atoms. The Bertz CT molecular complexity index is 170. The number of carboxylic acid groups (broad SMARTS) is 1. The van der Waals surface area contributed by atoms with Crippen LogP contribution in [-0.2, 0) is 9.59 Å². The van der Waals surface area contributed by atoms with Crippen molar-refractivity contribution in [1.29, 1.82) is 0 Å². The van der Waals surface area contributed by atoms with Crippen LogP contribution in [0.2, 0.25) is 0 Å². The van der Waals surface area contributed by atoms with Crippen molar-refractivity contribution in [3.63, 3.8) is 0 Å². The number of amides is 1. The van der Waals surface area contributed by atoms with Gasteiger partial charge in [0.15, 0.2) is 0 Å². The summed E-state index contributed by atoms with van der Waals surface area (Å²) in [6.07, 6.45) is 0.541. The molecule has 0 fully saturated rings. The summed E-state index contributed by atoms with van der Waals surface area (Å²) in [5.41, 5.74) is 0. The van der Waals surface area contributed by atoms with E-state index >= 15 is 0 Å². The van der Waals surface area contributed by atoms with Gasteiger partial charge in [0, 0.05) is 13.5 Å². The molecule has 0 spiro atoms. The molecule has 0 aliphatic rings. The number of hydrogen-bond acceptors (Lipinski definition) is 3. The summed E-state index contributed by atoms with van der Waals surface area (Å²) in [7, 11) is 3.08. The summed E-state index contributed by atoms with van der Waals surface area (Å²) in [6, 6.07) is -0.637. The van der Waals surface area contributed by atoms with Crippen LogP contribution >= 0.6 is 0 Å². The van der Waals surface area contributed by atoms with Crippen molar-refractivity contribution >= 4 is 11.9 Å². The van der Waals surface area contributed by atoms with E-state index in [0.29, 0.717) is 6.42 Å². The minimum atomic E-state index is -0.929. The van der Waals surface area contributed by atoms with E-state index in [1.165, 1.54) is 7.05 Å². The minimum absolute atomic E-state index is 0.142. The van der Waals surface area contributed by atoms with Gasteiger partial charge in [-0.15, -0.1) is 0 Å². The average molecular weight is 174 g/mol. The van der Waals surface area contributed by atoms with E-state index in [2.05, 4.69) is 10.6 Å². The highest BCUT2D eigenvalue weighted by Crippen LogP contribution is 1.96. The summed E-state index contributed by atoms with van der Waals surface area (Å²) < 4.78 is 0. The average Bonchev–Trinajstić information content (AvgIpc) is 2.04. The van der Waals surface area contributed by atoms with Gasteiger partial charge in [0.25, 0.3) is 0 Å². The van der Waals surface area contributed by atoms with Crippen molar-refractivity contribution in [3.05, 3.63) is 0 Å². The molecule has 0 heterocycles. The summed E-state index contributed by atoms with van der Waals surface area (Å²) in [6.45, 7) is 0. The molecule has 0 saturated carbocycles. The maximum Gasteiger partial charge on any atom is 0.320 e. The summed E-state index contributed by atoms with van der Waals surface area (Å²) in [5.74, 6) is -1.07. The maximum absolute atomic E-state index is 10.7. The fraction of sp³-hybridized carbons (Fsp3) is 0.714. The van der Waals surface area contributed by atoms with Gasteiger partial charge in [0.05, 0.1) is 0 Å². The lowest BCUT2D eigenvalue weighted by atomic mass is 10.1. The topological polar surface area (TPSA) is 78.4 Å². The molecule has 0 aromatic rings. The van der Waals surface area contributed by atoms with Crippen molar-refractivity contribution in [2.45, 2.75) is 18.9 Å². The van der Waals surface area contributed by atoms with Crippen molar-refractivity contribution in [3.8, 4) is 0 Å². The van der Waals surface area contributed by atoms with E-state index in [-0.39, 0.29) is 12.3 Å². The Hall–Kier alpha value is -1.10. The molecule has 5 heteroatoms. The second-order valence-corrected chi connectivity index (χ2v) is 2.39. The number of carboxylic acids is 1. The van der Waals surface area contributed by atoms with Gasteiger partial charge in [-0.2, -0.15) is 0 Å². The van der Waals surface area contributed by atoms with Crippen LogP contribution < -0.4 is 10.6 Å². The zero-order chi connectivity index (χ0) is 9.56. The predicted molar refractivity (Wildman–Crippen MR) is 43.8 cm³/mol. The van der Waals surface area contributed by atoms with Gasteiger partial charge in [0.1, 0.15) is 6.04 Å². The van der Waals surface area contributed by atoms with Crippen LogP contribution in [-0.4, -0.2) is 37.1 Å². The van der Waals surface area contributed by atoms with E-state index in [4.69, 9.17) is 5.11 Å². The van der Waals surface area contributed by atoms with Crippen molar-refractivity contribution in [2.75, 3.05) is 14.1 Å². The Balaban J connectivity index is 3.73. The van der Waals surface area contributed by atoms with Crippen molar-refractivity contribution in [2.24, 2.45) is 0 Å². The first-order valence-corrected chi connectivity index (χ1v) is 3.72. The van der Waals surface area contributed by atoms with Gasteiger partial charge in [-0.05, 0) is 13.5 Å². The van der Waals surface area contributed by atoms with Crippen LogP contribution in [0, 0.1) is 0 Å². The lowest BCUT2D eigenvalue weighted by molar-refractivity contribution is -0.139. The molecule has 1 amide bonds. The number of hydrogen-bond donors (Lipinski definition) is 3. The molecular weight excluding hydrogens is 160 g/mol. The van der Waals surface area contributed by atoms with E-state index in [1.807, 2.05) is 0 Å². The van der Waals surface area contributed by atoms with E-state index in [0.717, 1.165) is 0 Å². The first-order valence-electron chi connectivity index (χ1n) is 3.72. The van der Waals surface area contributed by atoms with Gasteiger partial charge in [-0.3, -0.25) is 9.59 Å². The molecule has 12 heavy (non-hydrogen) atoms. The highest BCUT2D eigenvalue weighted by Gasteiger charge is 2.15. The van der Waals surface area contributed by atoms with Gasteiger partial charge >= 0.3 is 5.97 Å². The molecule has 0 rings (SSSR count). The molecule has 3 N–H and O–H groups in total. The Morgan fingerprint density at radius 2 is 2.00 bits per heavy atom. The highest BCUT2D eigenvalue weighted by molar-refractivity contribution is 5.78. The van der Waals surface area contributed by atoms with Gasteiger partial charge in [0.2, 0.25) is 5.91 Å². The zero-order valence-electron chi connectivity index (χ0n) is 7.26. The number of carbonyl (C=O) groups is 2. The normalized spacial score (nSPS) is 12.2. The van der Waals surface area contributed by atoms with E-state index in [1.54, 1.807) is 7.05 Å². The molecule has 0 aliphatic heterocycles. The van der Waals surface area contributed by atoms with Gasteiger partial charge in [-0.25, -0.2) is 0 Å². The second kappa shape index (κ2) is 5.54. The van der Waals surface area contributed by atoms with Gasteiger partial charge in [-0.1, -0.05) is 0 Å². The van der Waals surface area contributed by atoms with Crippen molar-refractivity contribution in [1.82, 2.24) is 10.6 Å². The van der Waals surface area contributed by atoms with Crippen LogP contribution in [0.3, 0.4) is 0 Å². The minimum Gasteiger partial charge on any atom is -0.480 e. The third-order valence-electron chi connectivity index (χ3n) is 1.59. The van der Waals surface area contributed by atoms with E-state index in [9.17, 15) is 9.59 Å². The monoisotopic (exact) mass is 174 g/mol. The maximum atomic E-state index is 10.7. The molecule has 70 valence electrons. The smallest absolute Gasteiger partial charge is 0.320 e. The molecule has 1 atom stereocenters. The lowest BCUT2D eigenvalue weighted by Gasteiger charge is -2.09. The number of rotatable bonds is 5. The Kier molecular flexibility index (Phi) is 5.03. The summed E-state index contributed by atoms with van der Waals surface area (Å²) in [5, 5.41) is 13.6. The van der Waals surface area contributed by atoms with Crippen LogP contribution in [0.25, 0.3) is 0 Å². The fourth-order valence-electron chi connectivity index (χ4n) is 0.792. The Morgan fingerprint density at radius 1 is 1.42 bits per heavy atom. The molecular formula is C7H14N2O3. The van der Waals surface area contributed by atoms with Crippen LogP contribution in [0.5, 0.6) is 0 Å². The Labute approximate surface area is 71.1 Å². The zero-order valence-corrected chi connectivity index (χ0v) is 7.26. The predicted octanol–water partition coefficient (Wildman–Crippen LogP) is -0.815. The van der Waals surface area contributed by atoms with Crippen LogP contribution in [0.1, 0.15) is 12.8 Å². The van der Waals surface area contributed by atoms with E-state index < -0.39 is 12.0 Å². The molecule has 0 aromatic heterocycles. The molecule has 1 unspecified atom stereocenters. The summed E-state index contributed by atoms with van der Waals surface area (Å²) >= 11 is 0. The molecule has 0 saturated heterocycles. The fourth-order valence-corrected chi connectivity index (χ4v) is 0.792.